The summed E-state index contributed by atoms with van der Waals surface area (Å²) in [6.07, 6.45) is 1.38. The molecule has 0 unspecified atom stereocenters. The fourth-order valence-electron chi connectivity index (χ4n) is 2.61. The molecule has 0 bridgehead atoms. The molecule has 0 radical (unpaired) electrons. The van der Waals surface area contributed by atoms with Gasteiger partial charge in [-0.05, 0) is 54.8 Å². The van der Waals surface area contributed by atoms with E-state index in [1.165, 1.54) is 10.9 Å². The first-order chi connectivity index (χ1) is 11.7. The molecule has 0 aliphatic rings. The van der Waals surface area contributed by atoms with Crippen LogP contribution in [-0.2, 0) is 15.6 Å². The molecule has 0 atom stereocenters. The molecule has 130 valence electrons. The van der Waals surface area contributed by atoms with Crippen LogP contribution in [0.5, 0.6) is 0 Å². The molecule has 25 heavy (non-hydrogen) atoms. The van der Waals surface area contributed by atoms with Crippen LogP contribution < -0.4 is 0 Å². The lowest BCUT2D eigenvalue weighted by molar-refractivity contribution is 0.0944. The normalized spacial score (nSPS) is 11.8. The highest BCUT2D eigenvalue weighted by molar-refractivity contribution is 7.91. The van der Waals surface area contributed by atoms with Gasteiger partial charge >= 0.3 is 0 Å². The van der Waals surface area contributed by atoms with Gasteiger partial charge in [0.05, 0.1) is 16.8 Å². The van der Waals surface area contributed by atoms with Crippen LogP contribution >= 0.6 is 11.6 Å². The van der Waals surface area contributed by atoms with Gasteiger partial charge in [0.15, 0.2) is 9.84 Å². The van der Waals surface area contributed by atoms with Crippen molar-refractivity contribution in [3.05, 3.63) is 64.4 Å². The van der Waals surface area contributed by atoms with Gasteiger partial charge in [0.1, 0.15) is 12.1 Å². The summed E-state index contributed by atoms with van der Waals surface area (Å²) in [4.78, 5) is 16.7. The Morgan fingerprint density at radius 2 is 1.76 bits per heavy atom. The first-order valence-electron chi connectivity index (χ1n) is 7.67. The van der Waals surface area contributed by atoms with Crippen molar-refractivity contribution in [2.75, 3.05) is 5.75 Å². The maximum absolute atomic E-state index is 12.5. The predicted molar refractivity (Wildman–Crippen MR) is 98.8 cm³/mol. The van der Waals surface area contributed by atoms with Gasteiger partial charge in [-0.1, -0.05) is 23.7 Å². The largest absolute Gasteiger partial charge is 0.273 e. The molecular weight excluding hydrogens is 360 g/mol. The lowest BCUT2D eigenvalue weighted by atomic mass is 10.1. The summed E-state index contributed by atoms with van der Waals surface area (Å²) < 4.78 is 26.0. The van der Waals surface area contributed by atoms with E-state index in [1.807, 2.05) is 26.0 Å². The van der Waals surface area contributed by atoms with Gasteiger partial charge in [-0.2, -0.15) is 0 Å². The van der Waals surface area contributed by atoms with Crippen LogP contribution in [0, 0.1) is 13.8 Å². The molecule has 3 rings (SSSR count). The number of fused-ring (bicyclic) bond motifs is 1. The van der Waals surface area contributed by atoms with Gasteiger partial charge in [0.25, 0.3) is 0 Å². The van der Waals surface area contributed by atoms with Crippen molar-refractivity contribution >= 4 is 38.4 Å². The van der Waals surface area contributed by atoms with E-state index < -0.39 is 21.5 Å². The summed E-state index contributed by atoms with van der Waals surface area (Å²) >= 11 is 5.80. The van der Waals surface area contributed by atoms with Gasteiger partial charge in [-0.3, -0.25) is 9.36 Å². The molecule has 1 heterocycles. The zero-order chi connectivity index (χ0) is 18.2. The van der Waals surface area contributed by atoms with Crippen molar-refractivity contribution in [1.82, 2.24) is 9.55 Å². The van der Waals surface area contributed by atoms with E-state index in [-0.39, 0.29) is 5.75 Å². The SMILES string of the molecule is Cc1cc2ncn(C(=O)CS(=O)(=O)Cc3ccc(Cl)cc3)c2cc1C. The summed E-state index contributed by atoms with van der Waals surface area (Å²) in [6.45, 7) is 3.90. The van der Waals surface area contributed by atoms with Crippen molar-refractivity contribution in [2.45, 2.75) is 19.6 Å². The minimum atomic E-state index is -3.60. The second kappa shape index (κ2) is 6.61. The van der Waals surface area contributed by atoms with Crippen LogP contribution in [-0.4, -0.2) is 29.6 Å². The second-order valence-electron chi connectivity index (χ2n) is 6.09. The number of carbonyl (C=O) groups excluding carboxylic acids is 1. The Balaban J connectivity index is 1.84. The lowest BCUT2D eigenvalue weighted by Gasteiger charge is -2.07. The number of aromatic nitrogens is 2. The number of rotatable bonds is 4. The van der Waals surface area contributed by atoms with Crippen molar-refractivity contribution in [3.63, 3.8) is 0 Å². The first kappa shape index (κ1) is 17.6. The molecule has 0 amide bonds. The van der Waals surface area contributed by atoms with Crippen LogP contribution in [0.1, 0.15) is 21.5 Å². The Morgan fingerprint density at radius 3 is 2.44 bits per heavy atom. The lowest BCUT2D eigenvalue weighted by Crippen LogP contribution is -2.22. The summed E-state index contributed by atoms with van der Waals surface area (Å²) in [5.41, 5.74) is 3.98. The van der Waals surface area contributed by atoms with Gasteiger partial charge in [0.2, 0.25) is 5.91 Å². The van der Waals surface area contributed by atoms with Crippen molar-refractivity contribution in [3.8, 4) is 0 Å². The molecule has 0 saturated carbocycles. The fourth-order valence-corrected chi connectivity index (χ4v) is 4.05. The zero-order valence-electron chi connectivity index (χ0n) is 13.9. The maximum Gasteiger partial charge on any atom is 0.247 e. The van der Waals surface area contributed by atoms with Crippen LogP contribution in [0.4, 0.5) is 0 Å². The predicted octanol–water partition coefficient (Wildman–Crippen LogP) is 3.56. The smallest absolute Gasteiger partial charge is 0.247 e. The topological polar surface area (TPSA) is 69.0 Å². The number of aryl methyl sites for hydroxylation is 2. The Hall–Kier alpha value is -2.18. The Kier molecular flexibility index (Phi) is 4.67. The third-order valence-corrected chi connectivity index (χ3v) is 5.79. The number of halogens is 1. The van der Waals surface area contributed by atoms with Gasteiger partial charge in [0, 0.05) is 5.02 Å². The number of hydrogen-bond acceptors (Lipinski definition) is 4. The quantitative estimate of drug-likeness (QED) is 0.698. The van der Waals surface area contributed by atoms with E-state index >= 15 is 0 Å². The molecule has 0 aliphatic carbocycles. The maximum atomic E-state index is 12.5. The average Bonchev–Trinajstić information content (AvgIpc) is 2.92. The zero-order valence-corrected chi connectivity index (χ0v) is 15.4. The third-order valence-electron chi connectivity index (χ3n) is 4.07. The standard InChI is InChI=1S/C18H17ClN2O3S/c1-12-7-16-17(8-13(12)2)21(11-20-16)18(22)10-25(23,24)9-14-3-5-15(19)6-4-14/h3-8,11H,9-10H2,1-2H3. The molecule has 7 heteroatoms. The van der Waals surface area contributed by atoms with E-state index in [0.717, 1.165) is 11.1 Å². The molecule has 2 aromatic carbocycles. The molecular formula is C18H17ClN2O3S. The summed E-state index contributed by atoms with van der Waals surface area (Å²) in [5, 5.41) is 0.535. The van der Waals surface area contributed by atoms with E-state index in [4.69, 9.17) is 11.6 Å². The minimum Gasteiger partial charge on any atom is -0.273 e. The molecule has 0 aliphatic heterocycles. The van der Waals surface area contributed by atoms with Crippen LogP contribution in [0.3, 0.4) is 0 Å². The first-order valence-corrected chi connectivity index (χ1v) is 9.87. The Bertz CT molecular complexity index is 1050. The molecule has 0 spiro atoms. The number of benzene rings is 2. The van der Waals surface area contributed by atoms with E-state index in [9.17, 15) is 13.2 Å². The Morgan fingerprint density at radius 1 is 1.12 bits per heavy atom. The molecule has 1 aromatic heterocycles. The highest BCUT2D eigenvalue weighted by Crippen LogP contribution is 2.19. The number of nitrogens with zero attached hydrogens (tertiary/aromatic N) is 2. The minimum absolute atomic E-state index is 0.208. The summed E-state index contributed by atoms with van der Waals surface area (Å²) in [5.74, 6) is -1.30. The van der Waals surface area contributed by atoms with Crippen molar-refractivity contribution in [1.29, 1.82) is 0 Å². The highest BCUT2D eigenvalue weighted by atomic mass is 35.5. The number of hydrogen-bond donors (Lipinski definition) is 0. The molecule has 5 nitrogen and oxygen atoms in total. The summed E-state index contributed by atoms with van der Waals surface area (Å²) in [6, 6.07) is 10.3. The second-order valence-corrected chi connectivity index (χ2v) is 8.59. The van der Waals surface area contributed by atoms with Crippen LogP contribution in [0.25, 0.3) is 11.0 Å². The molecule has 3 aromatic rings. The van der Waals surface area contributed by atoms with Crippen LogP contribution in [0.15, 0.2) is 42.7 Å². The monoisotopic (exact) mass is 376 g/mol. The fraction of sp³-hybridized carbons (Fsp3) is 0.222. The van der Waals surface area contributed by atoms with Gasteiger partial charge in [-0.25, -0.2) is 13.4 Å². The average molecular weight is 377 g/mol. The van der Waals surface area contributed by atoms with Crippen molar-refractivity contribution in [2.24, 2.45) is 0 Å². The van der Waals surface area contributed by atoms with Crippen LogP contribution in [0.2, 0.25) is 5.02 Å². The van der Waals surface area contributed by atoms with E-state index in [0.29, 0.717) is 21.6 Å². The molecule has 0 fully saturated rings. The number of imidazole rings is 1. The summed E-state index contributed by atoms with van der Waals surface area (Å²) in [7, 11) is -3.60. The van der Waals surface area contributed by atoms with E-state index in [1.54, 1.807) is 24.3 Å². The Labute approximate surface area is 151 Å². The number of carbonyl (C=O) groups is 1. The molecule has 0 N–H and O–H groups in total. The molecule has 0 saturated heterocycles. The third kappa shape index (κ3) is 3.91. The van der Waals surface area contributed by atoms with Crippen molar-refractivity contribution < 1.29 is 13.2 Å². The van der Waals surface area contributed by atoms with Gasteiger partial charge in [-0.15, -0.1) is 0 Å². The number of sulfone groups is 1. The van der Waals surface area contributed by atoms with Gasteiger partial charge < -0.3 is 0 Å². The highest BCUT2D eigenvalue weighted by Gasteiger charge is 2.20. The van der Waals surface area contributed by atoms with E-state index in [2.05, 4.69) is 4.98 Å².